The van der Waals surface area contributed by atoms with Crippen LogP contribution in [0.2, 0.25) is 0 Å². The highest BCUT2D eigenvalue weighted by molar-refractivity contribution is 5.91. The second kappa shape index (κ2) is 9.58. The van der Waals surface area contributed by atoms with Crippen LogP contribution in [0.1, 0.15) is 19.8 Å². The Kier molecular flexibility index (Phi) is 7.64. The summed E-state index contributed by atoms with van der Waals surface area (Å²) in [6.07, 6.45) is 6.37. The van der Waals surface area contributed by atoms with Crippen molar-refractivity contribution in [2.24, 2.45) is 9.98 Å². The minimum atomic E-state index is 0.201. The fraction of sp³-hybridized carbons (Fsp3) is 0.375. The van der Waals surface area contributed by atoms with Crippen LogP contribution in [0, 0.1) is 0 Å². The molecule has 1 aliphatic rings. The van der Waals surface area contributed by atoms with Crippen molar-refractivity contribution in [3.63, 3.8) is 0 Å². The van der Waals surface area contributed by atoms with E-state index in [2.05, 4.69) is 29.7 Å². The summed E-state index contributed by atoms with van der Waals surface area (Å²) >= 11 is 0. The lowest BCUT2D eigenvalue weighted by Gasteiger charge is -2.15. The maximum Gasteiger partial charge on any atom is 0.323 e. The van der Waals surface area contributed by atoms with E-state index in [0.717, 1.165) is 12.0 Å². The predicted molar refractivity (Wildman–Crippen MR) is 85.3 cm³/mol. The van der Waals surface area contributed by atoms with Crippen LogP contribution in [-0.2, 0) is 14.2 Å². The van der Waals surface area contributed by atoms with Crippen LogP contribution in [0.3, 0.4) is 0 Å². The molecule has 0 unspecified atom stereocenters. The van der Waals surface area contributed by atoms with Gasteiger partial charge in [0.05, 0.1) is 0 Å². The van der Waals surface area contributed by atoms with Crippen molar-refractivity contribution in [2.45, 2.75) is 19.8 Å². The van der Waals surface area contributed by atoms with E-state index in [-0.39, 0.29) is 6.02 Å². The number of rotatable bonds is 7. The highest BCUT2D eigenvalue weighted by Gasteiger charge is 2.14. The zero-order valence-electron chi connectivity index (χ0n) is 12.5. The molecular weight excluding hydrogens is 268 g/mol. The van der Waals surface area contributed by atoms with Crippen LogP contribution in [0.5, 0.6) is 0 Å². The van der Waals surface area contributed by atoms with Gasteiger partial charge in [0.2, 0.25) is 5.88 Å². The van der Waals surface area contributed by atoms with Gasteiger partial charge in [-0.15, -0.1) is 0 Å². The molecule has 0 N–H and O–H groups in total. The first-order chi connectivity index (χ1) is 10.2. The molecule has 0 aliphatic carbocycles. The maximum absolute atomic E-state index is 5.55. The van der Waals surface area contributed by atoms with Crippen molar-refractivity contribution < 1.29 is 14.2 Å². The van der Waals surface area contributed by atoms with Gasteiger partial charge in [-0.2, -0.15) is 9.98 Å². The van der Waals surface area contributed by atoms with E-state index in [1.807, 2.05) is 6.92 Å². The van der Waals surface area contributed by atoms with Crippen LogP contribution in [0.4, 0.5) is 0 Å². The first-order valence-electron chi connectivity index (χ1n) is 6.78. The minimum absolute atomic E-state index is 0.201. The van der Waals surface area contributed by atoms with E-state index >= 15 is 0 Å². The van der Waals surface area contributed by atoms with Crippen molar-refractivity contribution in [3.05, 3.63) is 49.4 Å². The molecule has 1 aliphatic heterocycles. The van der Waals surface area contributed by atoms with Gasteiger partial charge in [-0.25, -0.2) is 0 Å². The number of aliphatic imine (C=N–C) groups is 2. The molecule has 0 saturated heterocycles. The summed E-state index contributed by atoms with van der Waals surface area (Å²) in [5.41, 5.74) is 1.01. The second-order valence-corrected chi connectivity index (χ2v) is 4.28. The zero-order chi connectivity index (χ0) is 15.5. The van der Waals surface area contributed by atoms with Crippen LogP contribution < -0.4 is 0 Å². The van der Waals surface area contributed by atoms with E-state index in [1.165, 1.54) is 0 Å². The zero-order valence-corrected chi connectivity index (χ0v) is 12.5. The van der Waals surface area contributed by atoms with Gasteiger partial charge in [0, 0.05) is 6.42 Å². The van der Waals surface area contributed by atoms with Crippen molar-refractivity contribution in [1.82, 2.24) is 0 Å². The number of hydrogen-bond acceptors (Lipinski definition) is 5. The molecule has 0 fully saturated rings. The average Bonchev–Trinajstić information content (AvgIpc) is 2.48. The van der Waals surface area contributed by atoms with Gasteiger partial charge >= 0.3 is 6.02 Å². The minimum Gasteiger partial charge on any atom is -0.476 e. The molecular formula is C16H22N2O3. The van der Waals surface area contributed by atoms with Gasteiger partial charge in [-0.1, -0.05) is 38.0 Å². The predicted octanol–water partition coefficient (Wildman–Crippen LogP) is 3.37. The molecule has 0 amide bonds. The van der Waals surface area contributed by atoms with Gasteiger partial charge in [-0.05, 0) is 18.9 Å². The maximum atomic E-state index is 5.55. The average molecular weight is 290 g/mol. The smallest absolute Gasteiger partial charge is 0.323 e. The Labute approximate surface area is 126 Å². The summed E-state index contributed by atoms with van der Waals surface area (Å²) in [5, 5.41) is 0. The lowest BCUT2D eigenvalue weighted by molar-refractivity contribution is 0.235. The number of amidine groups is 1. The van der Waals surface area contributed by atoms with Gasteiger partial charge < -0.3 is 14.2 Å². The van der Waals surface area contributed by atoms with Gasteiger partial charge in [0.25, 0.3) is 0 Å². The fourth-order valence-corrected chi connectivity index (χ4v) is 1.52. The Morgan fingerprint density at radius 2 is 1.52 bits per heavy atom. The van der Waals surface area contributed by atoms with Crippen LogP contribution in [0.15, 0.2) is 59.4 Å². The highest BCUT2D eigenvalue weighted by Crippen LogP contribution is 2.18. The van der Waals surface area contributed by atoms with E-state index in [0.29, 0.717) is 38.0 Å². The fourth-order valence-electron chi connectivity index (χ4n) is 1.52. The number of allylic oxidation sites excluding steroid dienone is 1. The molecule has 0 aromatic carbocycles. The molecule has 1 rings (SSSR count). The first-order valence-corrected chi connectivity index (χ1v) is 6.78. The molecule has 0 saturated carbocycles. The number of nitrogens with zero attached hydrogens (tertiary/aromatic N) is 2. The molecule has 5 nitrogen and oxygen atoms in total. The standard InChI is InChI=1S/C16H22N2O3/c1-5-10-19-14-9-8-13(4)15(20-11-6-2)18-16(17-14)21-12-7-3/h5-7H,1-3,8-12H2,4H3/b15-13+,17-14?,18-16?. The highest BCUT2D eigenvalue weighted by atomic mass is 16.5. The lowest BCUT2D eigenvalue weighted by Crippen LogP contribution is -2.14. The lowest BCUT2D eigenvalue weighted by atomic mass is 10.1. The van der Waals surface area contributed by atoms with E-state index < -0.39 is 0 Å². The number of ether oxygens (including phenoxy) is 3. The van der Waals surface area contributed by atoms with Crippen LogP contribution >= 0.6 is 0 Å². The third-order valence-corrected chi connectivity index (χ3v) is 2.53. The number of hydrogen-bond donors (Lipinski definition) is 0. The Morgan fingerprint density at radius 1 is 0.905 bits per heavy atom. The Morgan fingerprint density at radius 3 is 2.19 bits per heavy atom. The molecule has 5 heteroatoms. The van der Waals surface area contributed by atoms with E-state index in [4.69, 9.17) is 14.2 Å². The summed E-state index contributed by atoms with van der Waals surface area (Å²) in [6.45, 7) is 13.9. The van der Waals surface area contributed by atoms with Crippen molar-refractivity contribution >= 4 is 11.9 Å². The topological polar surface area (TPSA) is 52.4 Å². The first kappa shape index (κ1) is 16.8. The normalized spacial score (nSPS) is 18.5. The summed E-state index contributed by atoms with van der Waals surface area (Å²) in [6, 6.07) is 0.201. The largest absolute Gasteiger partial charge is 0.476 e. The molecule has 114 valence electrons. The molecule has 0 aromatic rings. The Bertz CT molecular complexity index is 476. The second-order valence-electron chi connectivity index (χ2n) is 4.28. The van der Waals surface area contributed by atoms with Crippen molar-refractivity contribution in [3.8, 4) is 0 Å². The molecule has 1 heterocycles. The van der Waals surface area contributed by atoms with Crippen LogP contribution in [-0.4, -0.2) is 31.7 Å². The molecule has 21 heavy (non-hydrogen) atoms. The van der Waals surface area contributed by atoms with Crippen molar-refractivity contribution in [2.75, 3.05) is 19.8 Å². The quantitative estimate of drug-likeness (QED) is 0.675. The third-order valence-electron chi connectivity index (χ3n) is 2.53. The van der Waals surface area contributed by atoms with E-state index in [9.17, 15) is 0 Å². The molecule has 0 radical (unpaired) electrons. The molecule has 0 aromatic heterocycles. The Balaban J connectivity index is 2.98. The van der Waals surface area contributed by atoms with Crippen molar-refractivity contribution in [1.29, 1.82) is 0 Å². The summed E-state index contributed by atoms with van der Waals surface area (Å²) in [7, 11) is 0. The molecule has 0 spiro atoms. The van der Waals surface area contributed by atoms with E-state index in [1.54, 1.807) is 18.2 Å². The SMILES string of the molecule is C=CCOC1=NC(OCC=C)=N/C(OCC=C)=C(/C)CC1. The Hall–Kier alpha value is -2.30. The summed E-state index contributed by atoms with van der Waals surface area (Å²) in [4.78, 5) is 8.60. The van der Waals surface area contributed by atoms with Gasteiger partial charge in [0.15, 0.2) is 5.90 Å². The molecule has 0 atom stereocenters. The van der Waals surface area contributed by atoms with Crippen LogP contribution in [0.25, 0.3) is 0 Å². The van der Waals surface area contributed by atoms with Gasteiger partial charge in [0.1, 0.15) is 19.8 Å². The summed E-state index contributed by atoms with van der Waals surface area (Å²) in [5.74, 6) is 1.08. The summed E-state index contributed by atoms with van der Waals surface area (Å²) < 4.78 is 16.5. The van der Waals surface area contributed by atoms with Gasteiger partial charge in [-0.3, -0.25) is 0 Å². The third kappa shape index (κ3) is 6.12. The molecule has 0 bridgehead atoms. The monoisotopic (exact) mass is 290 g/mol.